The first kappa shape index (κ1) is 26.8. The van der Waals surface area contributed by atoms with Crippen LogP contribution in [0.5, 0.6) is 0 Å². The second kappa shape index (κ2) is 9.92. The molecule has 0 aliphatic carbocycles. The monoisotopic (exact) mass is 567 g/mol. The standard InChI is InChI=1S/C24H26N2O6S4/c1-5-7-18-16(4)9-11-21-24(18)26(36(30,31)32)23(34-21)14-17(6-2)13-22-25(35(27,28)29)19-12-15(3)8-10-20(19)33-22/h8-14H,5-7H2,1-4H3,(H-,27,28,29,30,31,32)/p+1. The fourth-order valence-electron chi connectivity index (χ4n) is 4.20. The average Bonchev–Trinajstić information content (AvgIpc) is 3.32. The number of benzene rings is 2. The zero-order chi connectivity index (χ0) is 26.4. The summed E-state index contributed by atoms with van der Waals surface area (Å²) in [5, 5.41) is 0.562. The van der Waals surface area contributed by atoms with Crippen molar-refractivity contribution < 1.29 is 29.9 Å². The van der Waals surface area contributed by atoms with Crippen molar-refractivity contribution in [2.75, 3.05) is 4.31 Å². The van der Waals surface area contributed by atoms with E-state index in [-0.39, 0.29) is 5.03 Å². The summed E-state index contributed by atoms with van der Waals surface area (Å²) in [5.41, 5.74) is 4.07. The average molecular weight is 568 g/mol. The van der Waals surface area contributed by atoms with Crippen LogP contribution in [0.2, 0.25) is 0 Å². The number of nitrogens with zero attached hydrogens (tertiary/aromatic N) is 2. The smallest absolute Gasteiger partial charge is 0.269 e. The summed E-state index contributed by atoms with van der Waals surface area (Å²) in [7, 11) is -9.23. The molecule has 1 aromatic heterocycles. The van der Waals surface area contributed by atoms with Crippen LogP contribution in [0.3, 0.4) is 0 Å². The van der Waals surface area contributed by atoms with Crippen molar-refractivity contribution in [1.29, 1.82) is 0 Å². The van der Waals surface area contributed by atoms with Gasteiger partial charge in [0.1, 0.15) is 4.70 Å². The quantitative estimate of drug-likeness (QED) is 0.288. The molecule has 12 heteroatoms. The highest BCUT2D eigenvalue weighted by Crippen LogP contribution is 2.48. The maximum absolute atomic E-state index is 12.5. The minimum Gasteiger partial charge on any atom is -0.269 e. The molecule has 4 rings (SSSR count). The van der Waals surface area contributed by atoms with Gasteiger partial charge in [-0.25, -0.2) is 8.86 Å². The van der Waals surface area contributed by atoms with E-state index < -0.39 is 20.6 Å². The van der Waals surface area contributed by atoms with Gasteiger partial charge >= 0.3 is 20.6 Å². The summed E-state index contributed by atoms with van der Waals surface area (Å²) in [6, 6.07) is 9.10. The van der Waals surface area contributed by atoms with E-state index in [0.717, 1.165) is 31.4 Å². The van der Waals surface area contributed by atoms with E-state index in [2.05, 4.69) is 0 Å². The molecule has 3 aromatic rings. The number of aromatic nitrogens is 1. The van der Waals surface area contributed by atoms with Gasteiger partial charge in [-0.1, -0.05) is 55.5 Å². The Morgan fingerprint density at radius 3 is 2.42 bits per heavy atom. The molecule has 0 bridgehead atoms. The number of thioether (sulfide) groups is 1. The van der Waals surface area contributed by atoms with Gasteiger partial charge in [0.2, 0.25) is 5.52 Å². The number of allylic oxidation sites excluding steroid dienone is 2. The SMILES string of the molecule is CCCc1c(C)ccc2sc(C=C(C=C3Sc4ccc(C)cc4N3S(=O)(=O)O)CC)[n+](S(=O)(=O)O)c12. The topological polar surface area (TPSA) is 116 Å². The Morgan fingerprint density at radius 1 is 1.08 bits per heavy atom. The highest BCUT2D eigenvalue weighted by molar-refractivity contribution is 8.05. The van der Waals surface area contributed by atoms with Gasteiger partial charge in [-0.15, -0.1) is 8.42 Å². The van der Waals surface area contributed by atoms with Gasteiger partial charge in [0, 0.05) is 16.5 Å². The fourth-order valence-corrected chi connectivity index (χ4v) is 8.57. The molecule has 2 N–H and O–H groups in total. The van der Waals surface area contributed by atoms with Crippen LogP contribution in [0, 0.1) is 13.8 Å². The summed E-state index contributed by atoms with van der Waals surface area (Å²) in [6.07, 6.45) is 5.15. The maximum atomic E-state index is 12.5. The molecule has 1 aliphatic rings. The summed E-state index contributed by atoms with van der Waals surface area (Å²) in [6.45, 7) is 7.60. The van der Waals surface area contributed by atoms with Crippen molar-refractivity contribution in [3.63, 3.8) is 0 Å². The van der Waals surface area contributed by atoms with E-state index in [9.17, 15) is 25.9 Å². The van der Waals surface area contributed by atoms with Gasteiger partial charge in [0.05, 0.1) is 10.7 Å². The molecule has 0 saturated heterocycles. The zero-order valence-electron chi connectivity index (χ0n) is 20.2. The molecule has 1 aliphatic heterocycles. The Bertz CT molecular complexity index is 1640. The number of hydrogen-bond donors (Lipinski definition) is 2. The molecule has 0 fully saturated rings. The lowest BCUT2D eigenvalue weighted by Crippen LogP contribution is -2.44. The number of rotatable bonds is 7. The van der Waals surface area contributed by atoms with Crippen LogP contribution >= 0.6 is 23.1 Å². The Kier molecular flexibility index (Phi) is 7.39. The Balaban J connectivity index is 1.92. The molecule has 0 unspecified atom stereocenters. The van der Waals surface area contributed by atoms with Crippen LogP contribution in [0.15, 0.2) is 51.9 Å². The number of anilines is 1. The van der Waals surface area contributed by atoms with Crippen LogP contribution in [0.4, 0.5) is 5.69 Å². The first-order valence-electron chi connectivity index (χ1n) is 11.3. The van der Waals surface area contributed by atoms with E-state index in [1.165, 1.54) is 23.1 Å². The summed E-state index contributed by atoms with van der Waals surface area (Å²) >= 11 is 2.42. The van der Waals surface area contributed by atoms with Crippen LogP contribution in [-0.4, -0.2) is 25.9 Å². The first-order valence-corrected chi connectivity index (χ1v) is 15.7. The van der Waals surface area contributed by atoms with Crippen LogP contribution in [-0.2, 0) is 27.0 Å². The molecule has 192 valence electrons. The second-order valence-corrected chi connectivity index (χ2v) is 13.2. The van der Waals surface area contributed by atoms with Crippen molar-refractivity contribution in [2.24, 2.45) is 0 Å². The van der Waals surface area contributed by atoms with E-state index >= 15 is 0 Å². The van der Waals surface area contributed by atoms with Crippen LogP contribution < -0.4 is 8.28 Å². The van der Waals surface area contributed by atoms with Gasteiger partial charge in [-0.2, -0.15) is 8.42 Å². The molecule has 0 amide bonds. The number of fused-ring (bicyclic) bond motifs is 2. The predicted octanol–water partition coefficient (Wildman–Crippen LogP) is 5.46. The highest BCUT2D eigenvalue weighted by Gasteiger charge is 2.35. The molecule has 0 saturated carbocycles. The van der Waals surface area contributed by atoms with Gasteiger partial charge in [-0.05, 0) is 71.6 Å². The summed E-state index contributed by atoms with van der Waals surface area (Å²) in [4.78, 5) is 0.675. The minimum atomic E-state index is -4.63. The molecule has 36 heavy (non-hydrogen) atoms. The lowest BCUT2D eigenvalue weighted by Gasteiger charge is -2.16. The summed E-state index contributed by atoms with van der Waals surface area (Å²) < 4.78 is 72.3. The van der Waals surface area contributed by atoms with Crippen molar-refractivity contribution >= 4 is 65.7 Å². The Hall–Kier alpha value is -2.22. The highest BCUT2D eigenvalue weighted by atomic mass is 32.2. The van der Waals surface area contributed by atoms with E-state index in [0.29, 0.717) is 44.2 Å². The minimum absolute atomic E-state index is 0.272. The normalized spacial score (nSPS) is 15.8. The third kappa shape index (κ3) is 5.11. The Morgan fingerprint density at radius 2 is 1.81 bits per heavy atom. The van der Waals surface area contributed by atoms with Crippen molar-refractivity contribution in [3.8, 4) is 0 Å². The largest absolute Gasteiger partial charge is 0.513 e. The zero-order valence-corrected chi connectivity index (χ0v) is 23.5. The van der Waals surface area contributed by atoms with E-state index in [4.69, 9.17) is 0 Å². The molecule has 2 aromatic carbocycles. The first-order chi connectivity index (χ1) is 16.8. The molecule has 0 spiro atoms. The van der Waals surface area contributed by atoms with Gasteiger partial charge < -0.3 is 0 Å². The molecule has 0 radical (unpaired) electrons. The molecule has 2 heterocycles. The molecule has 8 nitrogen and oxygen atoms in total. The van der Waals surface area contributed by atoms with E-state index in [1.54, 1.807) is 24.3 Å². The lowest BCUT2D eigenvalue weighted by molar-refractivity contribution is -0.486. The number of hydrogen-bond acceptors (Lipinski definition) is 6. The van der Waals surface area contributed by atoms with Crippen LogP contribution in [0.25, 0.3) is 16.3 Å². The lowest BCUT2D eigenvalue weighted by atomic mass is 10.0. The fraction of sp³-hybridized carbons (Fsp3) is 0.292. The van der Waals surface area contributed by atoms with Gasteiger partial charge in [0.25, 0.3) is 5.01 Å². The number of thiazole rings is 1. The van der Waals surface area contributed by atoms with E-state index in [1.807, 2.05) is 45.9 Å². The predicted molar refractivity (Wildman–Crippen MR) is 145 cm³/mol. The van der Waals surface area contributed by atoms with Crippen molar-refractivity contribution in [1.82, 2.24) is 0 Å². The maximum Gasteiger partial charge on any atom is 0.513 e. The third-order valence-electron chi connectivity index (χ3n) is 5.83. The second-order valence-electron chi connectivity index (χ2n) is 8.51. The number of aryl methyl sites for hydroxylation is 3. The molecular weight excluding hydrogens is 541 g/mol. The van der Waals surface area contributed by atoms with Crippen molar-refractivity contribution in [2.45, 2.75) is 51.9 Å². The van der Waals surface area contributed by atoms with Gasteiger partial charge in [0.15, 0.2) is 0 Å². The summed E-state index contributed by atoms with van der Waals surface area (Å²) in [5.74, 6) is 0. The third-order valence-corrected chi connectivity index (χ3v) is 9.89. The Labute approximate surface area is 219 Å². The van der Waals surface area contributed by atoms with Gasteiger partial charge in [-0.3, -0.25) is 4.55 Å². The van der Waals surface area contributed by atoms with Crippen molar-refractivity contribution in [3.05, 3.63) is 68.7 Å². The molecule has 0 atom stereocenters. The van der Waals surface area contributed by atoms with Crippen LogP contribution in [0.1, 0.15) is 48.4 Å². The molecular formula is C24H27N2O6S4+.